The van der Waals surface area contributed by atoms with Gasteiger partial charge in [-0.05, 0) is 69.5 Å². The van der Waals surface area contributed by atoms with Crippen molar-refractivity contribution < 1.29 is 27.8 Å². The minimum absolute atomic E-state index is 0.212. The fourth-order valence-corrected chi connectivity index (χ4v) is 3.75. The molecule has 0 aliphatic carbocycles. The maximum absolute atomic E-state index is 14.0. The predicted molar refractivity (Wildman–Crippen MR) is 104 cm³/mol. The van der Waals surface area contributed by atoms with Crippen molar-refractivity contribution in [1.29, 1.82) is 0 Å². The highest BCUT2D eigenvalue weighted by Gasteiger charge is 2.53. The van der Waals surface area contributed by atoms with Gasteiger partial charge in [0.15, 0.2) is 23.1 Å². The van der Waals surface area contributed by atoms with Crippen molar-refractivity contribution in [2.24, 2.45) is 0 Å². The summed E-state index contributed by atoms with van der Waals surface area (Å²) in [4.78, 5) is 26.2. The number of Topliss-reactive ketones (excluding diaryl/α,β-unsaturated/α-hetero) is 2. The maximum atomic E-state index is 14.0. The first-order valence-corrected chi connectivity index (χ1v) is 9.51. The first-order valence-electron chi connectivity index (χ1n) is 9.51. The Hall–Kier alpha value is -2.60. The lowest BCUT2D eigenvalue weighted by Gasteiger charge is -2.43. The summed E-state index contributed by atoms with van der Waals surface area (Å²) in [7, 11) is 0. The van der Waals surface area contributed by atoms with E-state index in [1.165, 1.54) is 12.1 Å². The molecule has 0 amide bonds. The number of benzene rings is 2. The van der Waals surface area contributed by atoms with Crippen molar-refractivity contribution in [2.75, 3.05) is 0 Å². The molecule has 2 aromatic carbocycles. The molecule has 1 aliphatic heterocycles. The molecule has 1 aliphatic rings. The molecule has 1 saturated heterocycles. The van der Waals surface area contributed by atoms with Gasteiger partial charge in [-0.2, -0.15) is 4.39 Å². The molecule has 6 heteroatoms. The highest BCUT2D eigenvalue weighted by atomic mass is 19.2. The van der Waals surface area contributed by atoms with Crippen LogP contribution in [-0.4, -0.2) is 22.8 Å². The summed E-state index contributed by atoms with van der Waals surface area (Å²) < 4.78 is 38.7. The highest BCUT2D eigenvalue weighted by Crippen LogP contribution is 2.41. The molecule has 0 aromatic heterocycles. The lowest BCUT2D eigenvalue weighted by Crippen LogP contribution is -2.58. The number of carbonyl (C=O) groups excluding carboxylic acids is 2. The van der Waals surface area contributed by atoms with E-state index < -0.39 is 28.8 Å². The third kappa shape index (κ3) is 3.81. The molecule has 0 radical (unpaired) electrons. The third-order valence-electron chi connectivity index (χ3n) is 5.17. The number of halogens is 2. The molecule has 0 unspecified atom stereocenters. The Bertz CT molecular complexity index is 953. The van der Waals surface area contributed by atoms with E-state index in [4.69, 9.17) is 9.47 Å². The van der Waals surface area contributed by atoms with Crippen LogP contribution in [-0.2, 0) is 20.7 Å². The van der Waals surface area contributed by atoms with Gasteiger partial charge in [0.1, 0.15) is 22.9 Å². The van der Waals surface area contributed by atoms with Crippen LogP contribution in [0.1, 0.15) is 51.7 Å². The zero-order valence-corrected chi connectivity index (χ0v) is 17.1. The molecule has 0 N–H and O–H groups in total. The molecule has 3 rings (SSSR count). The van der Waals surface area contributed by atoms with Crippen LogP contribution >= 0.6 is 0 Å². The molecule has 2 aromatic rings. The second-order valence-corrected chi connectivity index (χ2v) is 8.15. The van der Waals surface area contributed by atoms with Gasteiger partial charge in [-0.25, -0.2) is 4.39 Å². The van der Waals surface area contributed by atoms with Crippen LogP contribution in [0.25, 0.3) is 0 Å². The highest BCUT2D eigenvalue weighted by molar-refractivity contribution is 6.15. The largest absolute Gasteiger partial charge is 0.454 e. The Morgan fingerprint density at radius 3 is 2.21 bits per heavy atom. The van der Waals surface area contributed by atoms with Crippen molar-refractivity contribution in [2.45, 2.75) is 58.2 Å². The Balaban J connectivity index is 2.08. The van der Waals surface area contributed by atoms with E-state index in [1.54, 1.807) is 45.9 Å². The Morgan fingerprint density at radius 2 is 1.62 bits per heavy atom. The zero-order chi connectivity index (χ0) is 21.6. The summed E-state index contributed by atoms with van der Waals surface area (Å²) >= 11 is 0. The first-order chi connectivity index (χ1) is 13.5. The fourth-order valence-electron chi connectivity index (χ4n) is 3.75. The third-order valence-corrected chi connectivity index (χ3v) is 5.17. The van der Waals surface area contributed by atoms with E-state index in [0.29, 0.717) is 12.0 Å². The van der Waals surface area contributed by atoms with Crippen LogP contribution < -0.4 is 4.74 Å². The summed E-state index contributed by atoms with van der Waals surface area (Å²) in [5.74, 6) is -3.89. The summed E-state index contributed by atoms with van der Waals surface area (Å²) in [5, 5.41) is 0. The second-order valence-electron chi connectivity index (χ2n) is 8.15. The molecule has 29 heavy (non-hydrogen) atoms. The SMILES string of the molecule is CCc1ccc(Oc2cccc(F)c2F)cc1C1C(=O)C(C)(C)OC(C)(C)C1=O. The Labute approximate surface area is 168 Å². The minimum Gasteiger partial charge on any atom is -0.454 e. The smallest absolute Gasteiger partial charge is 0.201 e. The summed E-state index contributed by atoms with van der Waals surface area (Å²) in [6.07, 6.45) is 0.586. The molecule has 1 fully saturated rings. The van der Waals surface area contributed by atoms with E-state index in [9.17, 15) is 18.4 Å². The molecule has 0 saturated carbocycles. The van der Waals surface area contributed by atoms with Crippen molar-refractivity contribution >= 4 is 11.6 Å². The summed E-state index contributed by atoms with van der Waals surface area (Å²) in [5.41, 5.74) is -0.976. The molecule has 0 bridgehead atoms. The summed E-state index contributed by atoms with van der Waals surface area (Å²) in [6.45, 7) is 8.49. The lowest BCUT2D eigenvalue weighted by atomic mass is 9.73. The van der Waals surface area contributed by atoms with E-state index in [-0.39, 0.29) is 23.1 Å². The monoisotopic (exact) mass is 402 g/mol. The minimum atomic E-state index is -1.14. The molecular formula is C23H24F2O4. The molecule has 0 spiro atoms. The average Bonchev–Trinajstić information content (AvgIpc) is 2.64. The summed E-state index contributed by atoms with van der Waals surface area (Å²) in [6, 6.07) is 8.54. The van der Waals surface area contributed by atoms with Crippen molar-refractivity contribution in [3.8, 4) is 11.5 Å². The molecule has 4 nitrogen and oxygen atoms in total. The van der Waals surface area contributed by atoms with E-state index in [0.717, 1.165) is 11.6 Å². The van der Waals surface area contributed by atoms with Crippen molar-refractivity contribution in [3.05, 3.63) is 59.2 Å². The molecule has 1 heterocycles. The normalized spacial score (nSPS) is 18.7. The average molecular weight is 402 g/mol. The number of aryl methyl sites for hydroxylation is 1. The maximum Gasteiger partial charge on any atom is 0.201 e. The zero-order valence-electron chi connectivity index (χ0n) is 17.1. The van der Waals surface area contributed by atoms with Gasteiger partial charge in [-0.1, -0.05) is 19.1 Å². The lowest BCUT2D eigenvalue weighted by molar-refractivity contribution is -0.184. The van der Waals surface area contributed by atoms with Crippen LogP contribution in [0, 0.1) is 11.6 Å². The van der Waals surface area contributed by atoms with Crippen LogP contribution in [0.4, 0.5) is 8.78 Å². The van der Waals surface area contributed by atoms with Crippen molar-refractivity contribution in [1.82, 2.24) is 0 Å². The topological polar surface area (TPSA) is 52.6 Å². The Kier molecular flexibility index (Phi) is 5.34. The van der Waals surface area contributed by atoms with Crippen LogP contribution in [0.3, 0.4) is 0 Å². The number of hydrogen-bond acceptors (Lipinski definition) is 4. The van der Waals surface area contributed by atoms with Gasteiger partial charge in [0.05, 0.1) is 0 Å². The molecule has 154 valence electrons. The quantitative estimate of drug-likeness (QED) is 0.666. The van der Waals surface area contributed by atoms with Gasteiger partial charge in [-0.3, -0.25) is 9.59 Å². The van der Waals surface area contributed by atoms with E-state index >= 15 is 0 Å². The van der Waals surface area contributed by atoms with Gasteiger partial charge >= 0.3 is 0 Å². The first kappa shape index (κ1) is 21.1. The number of ketones is 2. The standard InChI is InChI=1S/C23H24F2O4/c1-6-13-10-11-14(28-17-9-7-8-16(24)19(17)25)12-15(13)18-20(26)22(2,3)29-23(4,5)21(18)27/h7-12,18H,6H2,1-5H3. The van der Waals surface area contributed by atoms with Gasteiger partial charge < -0.3 is 9.47 Å². The van der Waals surface area contributed by atoms with Crippen LogP contribution in [0.5, 0.6) is 11.5 Å². The van der Waals surface area contributed by atoms with Crippen LogP contribution in [0.2, 0.25) is 0 Å². The molecule has 0 atom stereocenters. The predicted octanol–water partition coefficient (Wildman–Crippen LogP) is 5.13. The number of carbonyl (C=O) groups is 2. The van der Waals surface area contributed by atoms with Gasteiger partial charge in [0.25, 0.3) is 0 Å². The molecular weight excluding hydrogens is 378 g/mol. The number of rotatable bonds is 4. The number of ether oxygens (including phenoxy) is 2. The van der Waals surface area contributed by atoms with Crippen LogP contribution in [0.15, 0.2) is 36.4 Å². The van der Waals surface area contributed by atoms with Gasteiger partial charge in [0.2, 0.25) is 5.82 Å². The second kappa shape index (κ2) is 7.34. The number of hydrogen-bond donors (Lipinski definition) is 0. The van der Waals surface area contributed by atoms with Crippen molar-refractivity contribution in [3.63, 3.8) is 0 Å². The van der Waals surface area contributed by atoms with E-state index in [2.05, 4.69) is 0 Å². The fraction of sp³-hybridized carbons (Fsp3) is 0.391. The van der Waals surface area contributed by atoms with Gasteiger partial charge in [-0.15, -0.1) is 0 Å². The Morgan fingerprint density at radius 1 is 1.00 bits per heavy atom. The van der Waals surface area contributed by atoms with Gasteiger partial charge in [0, 0.05) is 0 Å². The van der Waals surface area contributed by atoms with E-state index in [1.807, 2.05) is 6.92 Å².